The molecule has 5 heteroatoms. The van der Waals surface area contributed by atoms with Crippen molar-refractivity contribution in [2.75, 3.05) is 13.2 Å². The van der Waals surface area contributed by atoms with Crippen LogP contribution in [0.15, 0.2) is 54.6 Å². The van der Waals surface area contributed by atoms with Gasteiger partial charge in [0, 0.05) is 12.6 Å². The molecule has 0 saturated carbocycles. The first-order valence-corrected chi connectivity index (χ1v) is 9.70. The Hall–Kier alpha value is -2.82. The molecule has 28 heavy (non-hydrogen) atoms. The minimum atomic E-state index is -0.569. The molecule has 0 spiro atoms. The Kier molecular flexibility index (Phi) is 8.05. The average Bonchev–Trinajstić information content (AvgIpc) is 2.67. The zero-order chi connectivity index (χ0) is 20.5. The lowest BCUT2D eigenvalue weighted by molar-refractivity contribution is -0.141. The Bertz CT molecular complexity index is 757. The molecule has 2 amide bonds. The first kappa shape index (κ1) is 21.5. The fraction of sp³-hybridized carbons (Fsp3) is 0.391. The summed E-state index contributed by atoms with van der Waals surface area (Å²) in [6.07, 6.45) is 0.677. The molecule has 0 aliphatic carbocycles. The predicted octanol–water partition coefficient (Wildman–Crippen LogP) is 3.36. The van der Waals surface area contributed by atoms with Crippen molar-refractivity contribution in [3.63, 3.8) is 0 Å². The average molecular weight is 383 g/mol. The van der Waals surface area contributed by atoms with Crippen molar-refractivity contribution in [2.24, 2.45) is 0 Å². The van der Waals surface area contributed by atoms with E-state index in [2.05, 4.69) is 5.32 Å². The molecule has 0 fully saturated rings. The van der Waals surface area contributed by atoms with Crippen molar-refractivity contribution < 1.29 is 14.3 Å². The van der Waals surface area contributed by atoms with Crippen LogP contribution in [0.1, 0.15) is 31.9 Å². The molecular formula is C23H30N2O3. The molecule has 5 nitrogen and oxygen atoms in total. The van der Waals surface area contributed by atoms with Crippen molar-refractivity contribution in [1.29, 1.82) is 0 Å². The molecule has 0 aromatic heterocycles. The second kappa shape index (κ2) is 10.5. The molecule has 0 saturated heterocycles. The van der Waals surface area contributed by atoms with Gasteiger partial charge in [-0.25, -0.2) is 0 Å². The van der Waals surface area contributed by atoms with Crippen LogP contribution in [0.4, 0.5) is 0 Å². The van der Waals surface area contributed by atoms with Gasteiger partial charge < -0.3 is 15.0 Å². The third-order valence-electron chi connectivity index (χ3n) is 4.47. The van der Waals surface area contributed by atoms with Gasteiger partial charge in [0.15, 0.2) is 6.61 Å². The van der Waals surface area contributed by atoms with Gasteiger partial charge in [-0.3, -0.25) is 9.59 Å². The van der Waals surface area contributed by atoms with Crippen molar-refractivity contribution in [3.05, 3.63) is 65.7 Å². The smallest absolute Gasteiger partial charge is 0.261 e. The molecule has 2 rings (SSSR count). The Morgan fingerprint density at radius 3 is 2.25 bits per heavy atom. The summed E-state index contributed by atoms with van der Waals surface area (Å²) in [4.78, 5) is 26.9. The van der Waals surface area contributed by atoms with Gasteiger partial charge in [0.25, 0.3) is 5.91 Å². The highest BCUT2D eigenvalue weighted by atomic mass is 16.5. The summed E-state index contributed by atoms with van der Waals surface area (Å²) in [5, 5.41) is 2.88. The topological polar surface area (TPSA) is 58.6 Å². The van der Waals surface area contributed by atoms with Gasteiger partial charge in [-0.1, -0.05) is 48.0 Å². The SMILES string of the molecule is Cc1ccc(OCC(=O)N(CCc2ccccc2)[C@H](C)C(=O)NC(C)C)cc1. The molecule has 1 N–H and O–H groups in total. The van der Waals surface area contributed by atoms with Crippen LogP contribution in [0.5, 0.6) is 5.75 Å². The maximum Gasteiger partial charge on any atom is 0.261 e. The van der Waals surface area contributed by atoms with Gasteiger partial charge in [-0.05, 0) is 51.8 Å². The number of nitrogens with zero attached hydrogens (tertiary/aromatic N) is 1. The minimum Gasteiger partial charge on any atom is -0.484 e. The number of benzene rings is 2. The van der Waals surface area contributed by atoms with E-state index in [4.69, 9.17) is 4.74 Å². The third kappa shape index (κ3) is 6.72. The largest absolute Gasteiger partial charge is 0.484 e. The summed E-state index contributed by atoms with van der Waals surface area (Å²) >= 11 is 0. The lowest BCUT2D eigenvalue weighted by Crippen LogP contribution is -2.51. The minimum absolute atomic E-state index is 0.0184. The number of hydrogen-bond donors (Lipinski definition) is 1. The van der Waals surface area contributed by atoms with Crippen LogP contribution in [0.2, 0.25) is 0 Å². The number of hydrogen-bond acceptors (Lipinski definition) is 3. The second-order valence-electron chi connectivity index (χ2n) is 7.26. The number of ether oxygens (including phenoxy) is 1. The Morgan fingerprint density at radius 1 is 1.00 bits per heavy atom. The van der Waals surface area contributed by atoms with Crippen molar-refractivity contribution >= 4 is 11.8 Å². The molecule has 0 aliphatic rings. The predicted molar refractivity (Wildman–Crippen MR) is 111 cm³/mol. The number of rotatable bonds is 9. The van der Waals surface area contributed by atoms with Crippen LogP contribution in [0.25, 0.3) is 0 Å². The fourth-order valence-electron chi connectivity index (χ4n) is 2.84. The van der Waals surface area contributed by atoms with Crippen molar-refractivity contribution in [1.82, 2.24) is 10.2 Å². The summed E-state index contributed by atoms with van der Waals surface area (Å²) in [6.45, 7) is 7.91. The number of carbonyl (C=O) groups excluding carboxylic acids is 2. The van der Waals surface area contributed by atoms with E-state index >= 15 is 0 Å². The lowest BCUT2D eigenvalue weighted by atomic mass is 10.1. The molecule has 0 unspecified atom stereocenters. The summed E-state index contributed by atoms with van der Waals surface area (Å²) in [6, 6.07) is 16.9. The maximum absolute atomic E-state index is 12.9. The zero-order valence-electron chi connectivity index (χ0n) is 17.1. The highest BCUT2D eigenvalue weighted by molar-refractivity contribution is 5.88. The standard InChI is InChI=1S/C23H30N2O3/c1-17(2)24-23(27)19(4)25(15-14-20-8-6-5-7-9-20)22(26)16-28-21-12-10-18(3)11-13-21/h5-13,17,19H,14-16H2,1-4H3,(H,24,27)/t19-/m1/s1. The molecular weight excluding hydrogens is 352 g/mol. The van der Waals surface area contributed by atoms with E-state index in [1.54, 1.807) is 11.8 Å². The molecule has 0 aliphatic heterocycles. The normalized spacial score (nSPS) is 11.8. The number of amides is 2. The van der Waals surface area contributed by atoms with E-state index in [0.29, 0.717) is 18.7 Å². The maximum atomic E-state index is 12.9. The zero-order valence-corrected chi connectivity index (χ0v) is 17.1. The van der Waals surface area contributed by atoms with E-state index in [9.17, 15) is 9.59 Å². The van der Waals surface area contributed by atoms with Crippen molar-refractivity contribution in [2.45, 2.75) is 46.2 Å². The number of aryl methyl sites for hydroxylation is 1. The monoisotopic (exact) mass is 382 g/mol. The van der Waals surface area contributed by atoms with E-state index < -0.39 is 6.04 Å². The molecule has 0 bridgehead atoms. The van der Waals surface area contributed by atoms with Crippen LogP contribution in [0, 0.1) is 6.92 Å². The molecule has 150 valence electrons. The number of nitrogens with one attached hydrogen (secondary N) is 1. The second-order valence-corrected chi connectivity index (χ2v) is 7.26. The first-order chi connectivity index (χ1) is 13.4. The highest BCUT2D eigenvalue weighted by Gasteiger charge is 2.26. The van der Waals surface area contributed by atoms with Crippen molar-refractivity contribution in [3.8, 4) is 5.75 Å². The Labute approximate surface area is 167 Å². The van der Waals surface area contributed by atoms with E-state index in [1.807, 2.05) is 75.4 Å². The summed E-state index contributed by atoms with van der Waals surface area (Å²) < 4.78 is 5.64. The van der Waals surface area contributed by atoms with Crippen LogP contribution in [-0.4, -0.2) is 41.9 Å². The quantitative estimate of drug-likeness (QED) is 0.723. The van der Waals surface area contributed by atoms with Crippen LogP contribution >= 0.6 is 0 Å². The van der Waals surface area contributed by atoms with Gasteiger partial charge in [0.2, 0.25) is 5.91 Å². The molecule has 0 radical (unpaired) electrons. The number of carbonyl (C=O) groups is 2. The van der Waals surface area contributed by atoms with Gasteiger partial charge in [-0.2, -0.15) is 0 Å². The molecule has 2 aromatic carbocycles. The third-order valence-corrected chi connectivity index (χ3v) is 4.47. The van der Waals surface area contributed by atoms with Gasteiger partial charge >= 0.3 is 0 Å². The van der Waals surface area contributed by atoms with Gasteiger partial charge in [0.05, 0.1) is 0 Å². The molecule has 1 atom stereocenters. The first-order valence-electron chi connectivity index (χ1n) is 9.70. The fourth-order valence-corrected chi connectivity index (χ4v) is 2.84. The summed E-state index contributed by atoms with van der Waals surface area (Å²) in [7, 11) is 0. The van der Waals surface area contributed by atoms with Crippen LogP contribution in [-0.2, 0) is 16.0 Å². The Morgan fingerprint density at radius 2 is 1.64 bits per heavy atom. The highest BCUT2D eigenvalue weighted by Crippen LogP contribution is 2.12. The van der Waals surface area contributed by atoms with Gasteiger partial charge in [-0.15, -0.1) is 0 Å². The van der Waals surface area contributed by atoms with E-state index in [0.717, 1.165) is 11.1 Å². The molecule has 2 aromatic rings. The summed E-state index contributed by atoms with van der Waals surface area (Å²) in [5.74, 6) is 0.274. The van der Waals surface area contributed by atoms with Gasteiger partial charge in [0.1, 0.15) is 11.8 Å². The van der Waals surface area contributed by atoms with Crippen LogP contribution in [0.3, 0.4) is 0 Å². The Balaban J connectivity index is 2.05. The molecule has 0 heterocycles. The van der Waals surface area contributed by atoms with E-state index in [1.165, 1.54) is 0 Å². The lowest BCUT2D eigenvalue weighted by Gasteiger charge is -2.29. The van der Waals surface area contributed by atoms with Crippen LogP contribution < -0.4 is 10.1 Å². The van der Waals surface area contributed by atoms with E-state index in [-0.39, 0.29) is 24.5 Å². The summed E-state index contributed by atoms with van der Waals surface area (Å²) in [5.41, 5.74) is 2.25.